The van der Waals surface area contributed by atoms with Crippen molar-refractivity contribution in [3.8, 4) is 5.75 Å². The van der Waals surface area contributed by atoms with Crippen LogP contribution in [-0.2, 0) is 4.43 Å². The van der Waals surface area contributed by atoms with Crippen LogP contribution in [0.4, 0.5) is 0 Å². The second-order valence-electron chi connectivity index (χ2n) is 5.91. The molecule has 0 aliphatic rings. The second-order valence-corrected chi connectivity index (χ2v) is 10.3. The SMILES string of the molecule is C=Cc1c(C)cccc1OC(C)(C)O[Si](C)(C)C. The smallest absolute Gasteiger partial charge is 0.195 e. The number of ether oxygens (including phenoxy) is 1. The molecule has 0 aromatic heterocycles. The van der Waals surface area contributed by atoms with Gasteiger partial charge in [0.2, 0.25) is 0 Å². The van der Waals surface area contributed by atoms with E-state index >= 15 is 0 Å². The zero-order chi connectivity index (χ0) is 14.0. The van der Waals surface area contributed by atoms with Gasteiger partial charge in [0.25, 0.3) is 0 Å². The fraction of sp³-hybridized carbons (Fsp3) is 0.467. The van der Waals surface area contributed by atoms with E-state index in [9.17, 15) is 0 Å². The Kier molecular flexibility index (Phi) is 4.40. The molecule has 3 heteroatoms. The fourth-order valence-electron chi connectivity index (χ4n) is 2.03. The molecule has 100 valence electrons. The van der Waals surface area contributed by atoms with Gasteiger partial charge in [-0.15, -0.1) is 0 Å². The number of benzene rings is 1. The fourth-order valence-corrected chi connectivity index (χ4v) is 3.54. The van der Waals surface area contributed by atoms with E-state index in [1.807, 2.05) is 32.1 Å². The van der Waals surface area contributed by atoms with Gasteiger partial charge in [-0.2, -0.15) is 0 Å². The van der Waals surface area contributed by atoms with Gasteiger partial charge in [0.1, 0.15) is 5.75 Å². The number of hydrogen-bond acceptors (Lipinski definition) is 2. The predicted molar refractivity (Wildman–Crippen MR) is 80.4 cm³/mol. The lowest BCUT2D eigenvalue weighted by Crippen LogP contribution is -2.42. The molecule has 0 aliphatic heterocycles. The average molecular weight is 264 g/mol. The molecule has 0 saturated carbocycles. The molecule has 0 amide bonds. The highest BCUT2D eigenvalue weighted by atomic mass is 28.4. The van der Waals surface area contributed by atoms with E-state index in [0.29, 0.717) is 0 Å². The third-order valence-corrected chi connectivity index (χ3v) is 3.50. The van der Waals surface area contributed by atoms with Crippen molar-refractivity contribution in [3.63, 3.8) is 0 Å². The van der Waals surface area contributed by atoms with Crippen LogP contribution in [-0.4, -0.2) is 14.1 Å². The lowest BCUT2D eigenvalue weighted by Gasteiger charge is -2.34. The first-order valence-electron chi connectivity index (χ1n) is 6.26. The molecule has 0 N–H and O–H groups in total. The second kappa shape index (κ2) is 5.29. The summed E-state index contributed by atoms with van der Waals surface area (Å²) in [6, 6.07) is 6.00. The third kappa shape index (κ3) is 4.31. The summed E-state index contributed by atoms with van der Waals surface area (Å²) < 4.78 is 12.1. The largest absolute Gasteiger partial charge is 0.463 e. The van der Waals surface area contributed by atoms with Gasteiger partial charge < -0.3 is 9.16 Å². The molecule has 0 unspecified atom stereocenters. The van der Waals surface area contributed by atoms with Crippen molar-refractivity contribution in [1.29, 1.82) is 0 Å². The Morgan fingerprint density at radius 1 is 1.22 bits per heavy atom. The molecular weight excluding hydrogens is 240 g/mol. The number of rotatable bonds is 5. The van der Waals surface area contributed by atoms with Crippen LogP contribution in [0.3, 0.4) is 0 Å². The summed E-state index contributed by atoms with van der Waals surface area (Å²) in [6.07, 6.45) is 1.83. The zero-order valence-corrected chi connectivity index (χ0v) is 13.3. The van der Waals surface area contributed by atoms with E-state index in [1.54, 1.807) is 0 Å². The van der Waals surface area contributed by atoms with Gasteiger partial charge >= 0.3 is 0 Å². The Balaban J connectivity index is 2.97. The van der Waals surface area contributed by atoms with Gasteiger partial charge in [0, 0.05) is 5.56 Å². The van der Waals surface area contributed by atoms with Crippen LogP contribution in [0, 0.1) is 6.92 Å². The Labute approximate surface area is 112 Å². The predicted octanol–water partition coefficient (Wildman–Crippen LogP) is 4.60. The van der Waals surface area contributed by atoms with Crippen molar-refractivity contribution in [3.05, 3.63) is 35.9 Å². The lowest BCUT2D eigenvalue weighted by atomic mass is 10.1. The first-order valence-corrected chi connectivity index (χ1v) is 9.67. The highest BCUT2D eigenvalue weighted by Crippen LogP contribution is 2.28. The number of hydrogen-bond donors (Lipinski definition) is 0. The van der Waals surface area contributed by atoms with Crippen LogP contribution in [0.15, 0.2) is 24.8 Å². The summed E-state index contributed by atoms with van der Waals surface area (Å²) >= 11 is 0. The van der Waals surface area contributed by atoms with Gasteiger partial charge in [0.15, 0.2) is 14.1 Å². The summed E-state index contributed by atoms with van der Waals surface area (Å²) in [5, 5.41) is 0. The van der Waals surface area contributed by atoms with E-state index in [-0.39, 0.29) is 0 Å². The van der Waals surface area contributed by atoms with Crippen LogP contribution in [0.5, 0.6) is 5.75 Å². The molecule has 0 radical (unpaired) electrons. The normalized spacial score (nSPS) is 12.3. The molecule has 1 aromatic carbocycles. The highest BCUT2D eigenvalue weighted by molar-refractivity contribution is 6.69. The quantitative estimate of drug-likeness (QED) is 0.571. The summed E-state index contributed by atoms with van der Waals surface area (Å²) in [4.78, 5) is 0. The molecule has 2 nitrogen and oxygen atoms in total. The average Bonchev–Trinajstić information content (AvgIpc) is 2.13. The molecule has 0 saturated heterocycles. The zero-order valence-electron chi connectivity index (χ0n) is 12.3. The monoisotopic (exact) mass is 264 g/mol. The third-order valence-electron chi connectivity index (χ3n) is 2.40. The summed E-state index contributed by atoms with van der Waals surface area (Å²) in [5.41, 5.74) is 2.19. The maximum absolute atomic E-state index is 6.05. The maximum atomic E-state index is 6.05. The Hall–Kier alpha value is -1.06. The topological polar surface area (TPSA) is 18.5 Å². The summed E-state index contributed by atoms with van der Waals surface area (Å²) in [6.45, 7) is 16.3. The summed E-state index contributed by atoms with van der Waals surface area (Å²) in [7, 11) is -1.64. The molecule has 0 heterocycles. The Morgan fingerprint density at radius 3 is 2.33 bits per heavy atom. The van der Waals surface area contributed by atoms with Crippen LogP contribution in [0.2, 0.25) is 19.6 Å². The number of aryl methyl sites for hydroxylation is 1. The van der Waals surface area contributed by atoms with E-state index in [1.165, 1.54) is 0 Å². The minimum atomic E-state index is -1.64. The first-order chi connectivity index (χ1) is 8.14. The van der Waals surface area contributed by atoms with Gasteiger partial charge in [-0.05, 0) is 52.0 Å². The molecule has 0 bridgehead atoms. The maximum Gasteiger partial charge on any atom is 0.195 e. The molecule has 0 spiro atoms. The Bertz CT molecular complexity index is 431. The van der Waals surface area contributed by atoms with Crippen molar-refractivity contribution in [2.75, 3.05) is 0 Å². The molecule has 0 atom stereocenters. The van der Waals surface area contributed by atoms with Crippen molar-refractivity contribution < 1.29 is 9.16 Å². The first kappa shape index (κ1) is 15.0. The van der Waals surface area contributed by atoms with Crippen molar-refractivity contribution >= 4 is 14.4 Å². The molecular formula is C15H24O2Si. The lowest BCUT2D eigenvalue weighted by molar-refractivity contribution is -0.0878. The molecule has 0 aliphatic carbocycles. The van der Waals surface area contributed by atoms with Gasteiger partial charge in [0.05, 0.1) is 0 Å². The Morgan fingerprint density at radius 2 is 1.83 bits per heavy atom. The molecule has 1 rings (SSSR count). The van der Waals surface area contributed by atoms with Gasteiger partial charge in [-0.1, -0.05) is 24.8 Å². The van der Waals surface area contributed by atoms with Gasteiger partial charge in [-0.25, -0.2) is 0 Å². The van der Waals surface area contributed by atoms with E-state index in [0.717, 1.165) is 16.9 Å². The molecule has 0 fully saturated rings. The van der Waals surface area contributed by atoms with Crippen LogP contribution in [0.1, 0.15) is 25.0 Å². The molecule has 1 aromatic rings. The summed E-state index contributed by atoms with van der Waals surface area (Å²) in [5.74, 6) is 0.212. The van der Waals surface area contributed by atoms with Crippen molar-refractivity contribution in [1.82, 2.24) is 0 Å². The van der Waals surface area contributed by atoms with Crippen LogP contribution in [0.25, 0.3) is 6.08 Å². The van der Waals surface area contributed by atoms with E-state index in [2.05, 4.69) is 39.2 Å². The van der Waals surface area contributed by atoms with Crippen molar-refractivity contribution in [2.24, 2.45) is 0 Å². The minimum absolute atomic E-state index is 0.615. The standard InChI is InChI=1S/C15H24O2Si/c1-8-13-12(2)10-9-11-14(13)16-15(3,4)17-18(5,6)7/h8-11H,1H2,2-7H3. The highest BCUT2D eigenvalue weighted by Gasteiger charge is 2.29. The van der Waals surface area contributed by atoms with Crippen LogP contribution >= 0.6 is 0 Å². The molecule has 18 heavy (non-hydrogen) atoms. The minimum Gasteiger partial charge on any atom is -0.463 e. The van der Waals surface area contributed by atoms with Gasteiger partial charge in [-0.3, -0.25) is 0 Å². The van der Waals surface area contributed by atoms with Crippen LogP contribution < -0.4 is 4.74 Å². The van der Waals surface area contributed by atoms with E-state index in [4.69, 9.17) is 9.16 Å². The van der Waals surface area contributed by atoms with E-state index < -0.39 is 14.1 Å². The van der Waals surface area contributed by atoms with Crippen molar-refractivity contribution in [2.45, 2.75) is 46.2 Å².